The molecule has 0 aliphatic carbocycles. The molecule has 0 bridgehead atoms. The monoisotopic (exact) mass is 402 g/mol. The van der Waals surface area contributed by atoms with Gasteiger partial charge in [0.2, 0.25) is 5.91 Å². The number of amides is 1. The first-order chi connectivity index (χ1) is 13.7. The molecule has 158 valence electrons. The fourth-order valence-corrected chi connectivity index (χ4v) is 4.04. The number of carbonyl (C=O) groups excluding carboxylic acids is 1. The lowest BCUT2D eigenvalue weighted by Gasteiger charge is -2.34. The molecule has 1 unspecified atom stereocenters. The van der Waals surface area contributed by atoms with Gasteiger partial charge >= 0.3 is 5.69 Å². The fourth-order valence-electron chi connectivity index (χ4n) is 4.04. The summed E-state index contributed by atoms with van der Waals surface area (Å²) in [6.07, 6.45) is 1.61. The zero-order chi connectivity index (χ0) is 21.3. The standard InChI is InChI=1S/C20H30N6O3/c1-6-26-14(3)16(13(2)22-26)11-21-19(28)15-8-7-9-25(12-15)17-10-18(27)24(5)20(29)23(17)4/h10,15H,6-9,11-12H2,1-5H3,(H,21,28). The van der Waals surface area contributed by atoms with E-state index in [4.69, 9.17) is 0 Å². The molecule has 0 aromatic carbocycles. The van der Waals surface area contributed by atoms with Gasteiger partial charge in [-0.25, -0.2) is 4.79 Å². The second-order valence-electron chi connectivity index (χ2n) is 7.71. The first-order valence-corrected chi connectivity index (χ1v) is 10.1. The third kappa shape index (κ3) is 3.99. The highest BCUT2D eigenvalue weighted by molar-refractivity contribution is 5.79. The van der Waals surface area contributed by atoms with E-state index in [9.17, 15) is 14.4 Å². The van der Waals surface area contributed by atoms with Crippen molar-refractivity contribution in [3.8, 4) is 0 Å². The van der Waals surface area contributed by atoms with Crippen molar-refractivity contribution < 1.29 is 4.79 Å². The third-order valence-corrected chi connectivity index (χ3v) is 5.89. The molecule has 2 aromatic heterocycles. The van der Waals surface area contributed by atoms with Crippen LogP contribution in [0.4, 0.5) is 5.82 Å². The molecule has 1 amide bonds. The Morgan fingerprint density at radius 3 is 2.62 bits per heavy atom. The smallest absolute Gasteiger partial charge is 0.332 e. The maximum atomic E-state index is 12.8. The van der Waals surface area contributed by atoms with Gasteiger partial charge < -0.3 is 10.2 Å². The molecule has 1 atom stereocenters. The third-order valence-electron chi connectivity index (χ3n) is 5.89. The molecule has 0 spiro atoms. The highest BCUT2D eigenvalue weighted by Gasteiger charge is 2.27. The second kappa shape index (κ2) is 8.26. The predicted molar refractivity (Wildman–Crippen MR) is 111 cm³/mol. The summed E-state index contributed by atoms with van der Waals surface area (Å²) in [6, 6.07) is 1.47. The summed E-state index contributed by atoms with van der Waals surface area (Å²) in [5.74, 6) is 0.364. The Hall–Kier alpha value is -2.84. The number of anilines is 1. The number of nitrogens with zero attached hydrogens (tertiary/aromatic N) is 5. The summed E-state index contributed by atoms with van der Waals surface area (Å²) in [7, 11) is 3.11. The summed E-state index contributed by atoms with van der Waals surface area (Å²) in [6.45, 7) is 8.47. The first kappa shape index (κ1) is 20.9. The highest BCUT2D eigenvalue weighted by Crippen LogP contribution is 2.22. The van der Waals surface area contributed by atoms with Gasteiger partial charge in [0.25, 0.3) is 5.56 Å². The Balaban J connectivity index is 1.71. The number of rotatable bonds is 5. The van der Waals surface area contributed by atoms with E-state index in [-0.39, 0.29) is 23.1 Å². The minimum atomic E-state index is -0.363. The van der Waals surface area contributed by atoms with E-state index < -0.39 is 0 Å². The Bertz CT molecular complexity index is 1030. The molecule has 3 rings (SSSR count). The van der Waals surface area contributed by atoms with Gasteiger partial charge in [0.1, 0.15) is 5.82 Å². The molecule has 2 aromatic rings. The number of aryl methyl sites for hydroxylation is 2. The van der Waals surface area contributed by atoms with E-state index in [0.717, 1.165) is 40.9 Å². The van der Waals surface area contributed by atoms with E-state index >= 15 is 0 Å². The summed E-state index contributed by atoms with van der Waals surface area (Å²) >= 11 is 0. The van der Waals surface area contributed by atoms with Crippen molar-refractivity contribution in [3.05, 3.63) is 43.9 Å². The average Bonchev–Trinajstić information content (AvgIpc) is 3.00. The molecule has 1 N–H and O–H groups in total. The molecule has 0 radical (unpaired) electrons. The van der Waals surface area contributed by atoms with Crippen LogP contribution < -0.4 is 21.5 Å². The van der Waals surface area contributed by atoms with Crippen LogP contribution in [0.5, 0.6) is 0 Å². The Labute approximate surface area is 169 Å². The second-order valence-corrected chi connectivity index (χ2v) is 7.71. The van der Waals surface area contributed by atoms with Gasteiger partial charge in [0, 0.05) is 57.6 Å². The molecule has 9 heteroatoms. The van der Waals surface area contributed by atoms with Gasteiger partial charge in [0.05, 0.1) is 11.6 Å². The zero-order valence-electron chi connectivity index (χ0n) is 17.9. The number of hydrogen-bond donors (Lipinski definition) is 1. The van der Waals surface area contributed by atoms with Crippen molar-refractivity contribution in [2.45, 2.75) is 46.7 Å². The molecule has 9 nitrogen and oxygen atoms in total. The lowest BCUT2D eigenvalue weighted by Crippen LogP contribution is -2.46. The number of aromatic nitrogens is 4. The molecule has 1 aliphatic heterocycles. The number of carbonyl (C=O) groups is 1. The van der Waals surface area contributed by atoms with Crippen LogP contribution in [0.3, 0.4) is 0 Å². The van der Waals surface area contributed by atoms with Gasteiger partial charge in [-0.1, -0.05) is 0 Å². The summed E-state index contributed by atoms with van der Waals surface area (Å²) in [5, 5.41) is 7.55. The van der Waals surface area contributed by atoms with Crippen LogP contribution in [0.2, 0.25) is 0 Å². The summed E-state index contributed by atoms with van der Waals surface area (Å²) < 4.78 is 4.49. The Morgan fingerprint density at radius 2 is 1.97 bits per heavy atom. The molecule has 0 saturated carbocycles. The van der Waals surface area contributed by atoms with Gasteiger partial charge in [0.15, 0.2) is 0 Å². The minimum absolute atomic E-state index is 0.00779. The predicted octanol–water partition coefficient (Wildman–Crippen LogP) is 0.450. The van der Waals surface area contributed by atoms with Gasteiger partial charge in [-0.15, -0.1) is 0 Å². The lowest BCUT2D eigenvalue weighted by atomic mass is 9.97. The summed E-state index contributed by atoms with van der Waals surface area (Å²) in [4.78, 5) is 39.1. The van der Waals surface area contributed by atoms with Crippen molar-refractivity contribution in [3.63, 3.8) is 0 Å². The molecular weight excluding hydrogens is 372 g/mol. The van der Waals surface area contributed by atoms with E-state index in [0.29, 0.717) is 25.5 Å². The van der Waals surface area contributed by atoms with Crippen LogP contribution in [0.1, 0.15) is 36.7 Å². The van der Waals surface area contributed by atoms with Crippen molar-refractivity contribution >= 4 is 11.7 Å². The van der Waals surface area contributed by atoms with E-state index in [1.165, 1.54) is 17.7 Å². The lowest BCUT2D eigenvalue weighted by molar-refractivity contribution is -0.125. The molecule has 1 aliphatic rings. The van der Waals surface area contributed by atoms with E-state index in [1.54, 1.807) is 7.05 Å². The normalized spacial score (nSPS) is 16.9. The zero-order valence-corrected chi connectivity index (χ0v) is 17.9. The van der Waals surface area contributed by atoms with Gasteiger partial charge in [-0.05, 0) is 33.6 Å². The largest absolute Gasteiger partial charge is 0.357 e. The quantitative estimate of drug-likeness (QED) is 0.784. The first-order valence-electron chi connectivity index (χ1n) is 10.1. The molecule has 1 fully saturated rings. The number of hydrogen-bond acceptors (Lipinski definition) is 5. The van der Waals surface area contributed by atoms with E-state index in [1.807, 2.05) is 30.4 Å². The molecule has 29 heavy (non-hydrogen) atoms. The van der Waals surface area contributed by atoms with Crippen LogP contribution >= 0.6 is 0 Å². The molecular formula is C20H30N6O3. The number of piperidine rings is 1. The van der Waals surface area contributed by atoms with E-state index in [2.05, 4.69) is 10.4 Å². The topological polar surface area (TPSA) is 94.2 Å². The van der Waals surface area contributed by atoms with Crippen LogP contribution in [0, 0.1) is 19.8 Å². The SMILES string of the molecule is CCn1nc(C)c(CNC(=O)C2CCCN(c3cc(=O)n(C)c(=O)n3C)C2)c1C. The van der Waals surface area contributed by atoms with Crippen LogP contribution in [-0.4, -0.2) is 37.9 Å². The van der Waals surface area contributed by atoms with Crippen LogP contribution in [-0.2, 0) is 32.0 Å². The fraction of sp³-hybridized carbons (Fsp3) is 0.600. The summed E-state index contributed by atoms with van der Waals surface area (Å²) in [5.41, 5.74) is 2.36. The van der Waals surface area contributed by atoms with Crippen molar-refractivity contribution in [1.29, 1.82) is 0 Å². The number of nitrogens with one attached hydrogen (secondary N) is 1. The van der Waals surface area contributed by atoms with Crippen molar-refractivity contribution in [2.24, 2.45) is 20.0 Å². The maximum Gasteiger partial charge on any atom is 0.332 e. The average molecular weight is 402 g/mol. The van der Waals surface area contributed by atoms with Gasteiger partial charge in [-0.3, -0.25) is 23.4 Å². The Morgan fingerprint density at radius 1 is 1.24 bits per heavy atom. The highest BCUT2D eigenvalue weighted by atomic mass is 16.2. The van der Waals surface area contributed by atoms with Crippen LogP contribution in [0.25, 0.3) is 0 Å². The van der Waals surface area contributed by atoms with Crippen LogP contribution in [0.15, 0.2) is 15.7 Å². The van der Waals surface area contributed by atoms with Crippen molar-refractivity contribution in [2.75, 3.05) is 18.0 Å². The van der Waals surface area contributed by atoms with Gasteiger partial charge in [-0.2, -0.15) is 5.10 Å². The minimum Gasteiger partial charge on any atom is -0.357 e. The Kier molecular flexibility index (Phi) is 5.95. The molecule has 3 heterocycles. The molecule has 1 saturated heterocycles. The van der Waals surface area contributed by atoms with Crippen molar-refractivity contribution in [1.82, 2.24) is 24.2 Å². The maximum absolute atomic E-state index is 12.8.